The van der Waals surface area contributed by atoms with Crippen molar-refractivity contribution in [3.63, 3.8) is 0 Å². The molecule has 0 aliphatic rings. The molecule has 0 rings (SSSR count). The van der Waals surface area contributed by atoms with Gasteiger partial charge in [-0.1, -0.05) is 173 Å². The summed E-state index contributed by atoms with van der Waals surface area (Å²) in [6, 6.07) is 0. The van der Waals surface area contributed by atoms with Crippen molar-refractivity contribution in [1.29, 1.82) is 0 Å². The molecule has 2 unspecified atom stereocenters. The van der Waals surface area contributed by atoms with E-state index in [1.807, 2.05) is 13.8 Å². The Morgan fingerprint density at radius 1 is 0.367 bits per heavy atom. The molecule has 0 saturated carbocycles. The molecule has 9 heteroatoms. The Morgan fingerprint density at radius 3 is 0.776 bits per heavy atom. The summed E-state index contributed by atoms with van der Waals surface area (Å²) in [6.07, 6.45) is 19.8. The van der Waals surface area contributed by atoms with Gasteiger partial charge in [0, 0.05) is 45.5 Å². The molecule has 0 aromatic carbocycles. The zero-order valence-electron chi connectivity index (χ0n) is 33.9. The van der Waals surface area contributed by atoms with Crippen molar-refractivity contribution in [2.75, 3.05) is 0 Å². The zero-order chi connectivity index (χ0) is 38.5. The SMILES string of the molecule is CCCCCC(C)(CC)C(=O)[O-].CCCCCC(C)(CC)C(=O)[O-].CCCCCCC(C)(C)C(=O)[O-].CCCCCCC(C)(C)C(=O)[O-].[Ce+4]. The van der Waals surface area contributed by atoms with Gasteiger partial charge in [0.05, 0.1) is 0 Å². The molecule has 0 N–H and O–H groups in total. The van der Waals surface area contributed by atoms with E-state index in [0.29, 0.717) is 12.8 Å². The third kappa shape index (κ3) is 31.7. The Morgan fingerprint density at radius 2 is 0.592 bits per heavy atom. The number of aliphatic carboxylic acids is 4. The molecule has 0 bridgehead atoms. The van der Waals surface area contributed by atoms with Gasteiger partial charge in [-0.25, -0.2) is 0 Å². The molecule has 0 aromatic heterocycles. The van der Waals surface area contributed by atoms with Crippen molar-refractivity contribution in [3.05, 3.63) is 0 Å². The van der Waals surface area contributed by atoms with Crippen molar-refractivity contribution in [3.8, 4) is 0 Å². The Labute approximate surface area is 336 Å². The zero-order valence-corrected chi connectivity index (χ0v) is 37.0. The van der Waals surface area contributed by atoms with Crippen LogP contribution in [0.3, 0.4) is 0 Å². The number of carbonyl (C=O) groups is 4. The molecule has 0 radical (unpaired) electrons. The molecular formula is C40H76CeO8. The molecule has 49 heavy (non-hydrogen) atoms. The van der Waals surface area contributed by atoms with Crippen molar-refractivity contribution >= 4 is 23.9 Å². The number of unbranched alkanes of at least 4 members (excludes halogenated alkanes) is 10. The summed E-state index contributed by atoms with van der Waals surface area (Å²) < 4.78 is 0. The fourth-order valence-corrected chi connectivity index (χ4v) is 4.57. The summed E-state index contributed by atoms with van der Waals surface area (Å²) >= 11 is 0. The standard InChI is InChI=1S/4C10H20O2.Ce/c2*1-4-5-6-7-8-10(2,3)9(11)12;2*1-4-6-7-8-10(3,5-2)9(11)12;/h4*4-8H2,1-3H3,(H,11,12);/q;;;;+4/p-4. The first kappa shape index (κ1) is 57.6. The van der Waals surface area contributed by atoms with Crippen molar-refractivity contribution in [1.82, 2.24) is 0 Å². The van der Waals surface area contributed by atoms with E-state index in [9.17, 15) is 39.6 Å². The van der Waals surface area contributed by atoms with Crippen LogP contribution in [-0.4, -0.2) is 23.9 Å². The second-order valence-electron chi connectivity index (χ2n) is 15.3. The van der Waals surface area contributed by atoms with Gasteiger partial charge in [0.15, 0.2) is 0 Å². The van der Waals surface area contributed by atoms with E-state index >= 15 is 0 Å². The first-order chi connectivity index (χ1) is 22.1. The molecule has 288 valence electrons. The minimum Gasteiger partial charge on any atom is -0.550 e. The van der Waals surface area contributed by atoms with Gasteiger partial charge in [-0.3, -0.25) is 0 Å². The van der Waals surface area contributed by atoms with E-state index in [-0.39, 0.29) is 41.7 Å². The van der Waals surface area contributed by atoms with Crippen molar-refractivity contribution in [2.45, 2.75) is 212 Å². The maximum absolute atomic E-state index is 10.7. The van der Waals surface area contributed by atoms with Crippen LogP contribution in [0.5, 0.6) is 0 Å². The Balaban J connectivity index is -0.000000174. The molecule has 0 amide bonds. The summed E-state index contributed by atoms with van der Waals surface area (Å²) in [4.78, 5) is 42.6. The van der Waals surface area contributed by atoms with E-state index in [0.717, 1.165) is 89.9 Å². The summed E-state index contributed by atoms with van der Waals surface area (Å²) in [7, 11) is 0. The molecule has 0 spiro atoms. The number of rotatable bonds is 24. The predicted octanol–water partition coefficient (Wildman–Crippen LogP) is 6.93. The van der Waals surface area contributed by atoms with E-state index in [1.165, 1.54) is 25.7 Å². The van der Waals surface area contributed by atoms with Crippen molar-refractivity contribution in [2.24, 2.45) is 21.7 Å². The van der Waals surface area contributed by atoms with Gasteiger partial charge in [-0.2, -0.15) is 0 Å². The quantitative estimate of drug-likeness (QED) is 0.0948. The van der Waals surface area contributed by atoms with Gasteiger partial charge < -0.3 is 39.6 Å². The topological polar surface area (TPSA) is 161 Å². The maximum atomic E-state index is 10.7. The third-order valence-corrected chi connectivity index (χ3v) is 9.63. The normalized spacial score (nSPS) is 13.3. The van der Waals surface area contributed by atoms with E-state index in [4.69, 9.17) is 0 Å². The average Bonchev–Trinajstić information content (AvgIpc) is 3.02. The molecule has 0 aliphatic carbocycles. The van der Waals surface area contributed by atoms with Gasteiger partial charge in [-0.05, 0) is 38.5 Å². The molecule has 0 fully saturated rings. The molecule has 0 heterocycles. The fourth-order valence-electron chi connectivity index (χ4n) is 4.57. The number of hydrogen-bond acceptors (Lipinski definition) is 8. The second kappa shape index (κ2) is 33.1. The second-order valence-corrected chi connectivity index (χ2v) is 15.3. The van der Waals surface area contributed by atoms with Crippen LogP contribution in [0.25, 0.3) is 0 Å². The summed E-state index contributed by atoms with van der Waals surface area (Å²) in [5, 5.41) is 42.6. The summed E-state index contributed by atoms with van der Waals surface area (Å²) in [6.45, 7) is 22.8. The van der Waals surface area contributed by atoms with Gasteiger partial charge in [-0.15, -0.1) is 0 Å². The molecule has 0 aromatic rings. The monoisotopic (exact) mass is 824 g/mol. The molecule has 8 nitrogen and oxygen atoms in total. The smallest absolute Gasteiger partial charge is 0.550 e. The fraction of sp³-hybridized carbons (Fsp3) is 0.900. The van der Waals surface area contributed by atoms with Crippen LogP contribution in [0.2, 0.25) is 0 Å². The number of hydrogen-bond donors (Lipinski definition) is 0. The van der Waals surface area contributed by atoms with Gasteiger partial charge in [0.1, 0.15) is 0 Å². The number of carbonyl (C=O) groups excluding carboxylic acids is 4. The minimum absolute atomic E-state index is 0. The number of carboxylic acids is 4. The van der Waals surface area contributed by atoms with Gasteiger partial charge in [0.2, 0.25) is 0 Å². The van der Waals surface area contributed by atoms with Gasteiger partial charge >= 0.3 is 41.7 Å². The Kier molecular flexibility index (Phi) is 38.9. The maximum Gasteiger partial charge on any atom is 4.00 e. The summed E-state index contributed by atoms with van der Waals surface area (Å²) in [5.74, 6) is -3.67. The van der Waals surface area contributed by atoms with Crippen molar-refractivity contribution < 1.29 is 81.4 Å². The largest absolute Gasteiger partial charge is 4.00 e. The van der Waals surface area contributed by atoms with Crippen LogP contribution in [0.1, 0.15) is 212 Å². The molecule has 0 aliphatic heterocycles. The van der Waals surface area contributed by atoms with Crippen LogP contribution in [0, 0.1) is 63.4 Å². The number of carboxylic acid groups (broad SMARTS) is 4. The van der Waals surface area contributed by atoms with Crippen LogP contribution in [0.4, 0.5) is 0 Å². The minimum atomic E-state index is -0.931. The van der Waals surface area contributed by atoms with E-state index in [1.54, 1.807) is 41.5 Å². The van der Waals surface area contributed by atoms with Crippen LogP contribution < -0.4 is 20.4 Å². The van der Waals surface area contributed by atoms with Crippen LogP contribution in [0.15, 0.2) is 0 Å². The van der Waals surface area contributed by atoms with E-state index < -0.39 is 45.5 Å². The van der Waals surface area contributed by atoms with Crippen LogP contribution in [-0.2, 0) is 19.2 Å². The first-order valence-electron chi connectivity index (χ1n) is 19.0. The third-order valence-electron chi connectivity index (χ3n) is 9.63. The average molecular weight is 825 g/mol. The first-order valence-corrected chi connectivity index (χ1v) is 19.0. The Bertz CT molecular complexity index is 774. The summed E-state index contributed by atoms with van der Waals surface area (Å²) in [5.41, 5.74) is -2.49. The molecule has 0 saturated heterocycles. The molecular weight excluding hydrogens is 749 g/mol. The Hall–Kier alpha value is -0.743. The predicted molar refractivity (Wildman–Crippen MR) is 190 cm³/mol. The van der Waals surface area contributed by atoms with E-state index in [2.05, 4.69) is 27.7 Å². The van der Waals surface area contributed by atoms with Gasteiger partial charge in [0.25, 0.3) is 0 Å². The van der Waals surface area contributed by atoms with Crippen LogP contribution >= 0.6 is 0 Å². The molecule has 2 atom stereocenters.